The maximum atomic E-state index is 14.3. The van der Waals surface area contributed by atoms with Crippen molar-refractivity contribution in [2.24, 2.45) is 0 Å². The first-order chi connectivity index (χ1) is 17.2. The molecular weight excluding hydrogens is 481 g/mol. The summed E-state index contributed by atoms with van der Waals surface area (Å²) in [6, 6.07) is 18.3. The zero-order chi connectivity index (χ0) is 26.1. The fraction of sp³-hybridized carbons (Fsp3) is 0.179. The van der Waals surface area contributed by atoms with Crippen LogP contribution in [-0.2, 0) is 25.6 Å². The van der Waals surface area contributed by atoms with Crippen molar-refractivity contribution in [1.29, 1.82) is 0 Å². The molecule has 0 saturated heterocycles. The summed E-state index contributed by atoms with van der Waals surface area (Å²) in [5.74, 6) is 8.10. The molecule has 0 aliphatic carbocycles. The molecule has 36 heavy (non-hydrogen) atoms. The highest BCUT2D eigenvalue weighted by atomic mass is 32.2. The van der Waals surface area contributed by atoms with E-state index in [2.05, 4.69) is 17.8 Å². The van der Waals surface area contributed by atoms with E-state index in [1.807, 2.05) is 30.3 Å². The van der Waals surface area contributed by atoms with Crippen LogP contribution in [0.4, 0.5) is 10.1 Å². The molecule has 0 N–H and O–H groups in total. The van der Waals surface area contributed by atoms with E-state index in [1.54, 1.807) is 18.2 Å². The molecule has 0 fully saturated rings. The minimum absolute atomic E-state index is 0.0105. The number of hydrogen-bond donors (Lipinski definition) is 0. The minimum atomic E-state index is -3.61. The fourth-order valence-electron chi connectivity index (χ4n) is 3.30. The summed E-state index contributed by atoms with van der Waals surface area (Å²) in [5.41, 5.74) is 2.63. The molecular formula is C28H24FNO5S. The molecule has 0 radical (unpaired) electrons. The summed E-state index contributed by atoms with van der Waals surface area (Å²) in [7, 11) is -3.61. The summed E-state index contributed by atoms with van der Waals surface area (Å²) in [6.07, 6.45) is 6.50. The monoisotopic (exact) mass is 505 g/mol. The Morgan fingerprint density at radius 3 is 2.42 bits per heavy atom. The summed E-state index contributed by atoms with van der Waals surface area (Å²) < 4.78 is 47.1. The Morgan fingerprint density at radius 2 is 1.75 bits per heavy atom. The van der Waals surface area contributed by atoms with Gasteiger partial charge in [-0.1, -0.05) is 36.0 Å². The Bertz CT molecular complexity index is 1450. The van der Waals surface area contributed by atoms with Crippen LogP contribution in [0.15, 0.2) is 66.7 Å². The van der Waals surface area contributed by atoms with Gasteiger partial charge in [-0.2, -0.15) is 8.42 Å². The zero-order valence-electron chi connectivity index (χ0n) is 19.8. The third-order valence-corrected chi connectivity index (χ3v) is 5.53. The van der Waals surface area contributed by atoms with Gasteiger partial charge in [-0.05, 0) is 48.5 Å². The van der Waals surface area contributed by atoms with E-state index < -0.39 is 15.9 Å². The zero-order valence-corrected chi connectivity index (χ0v) is 20.6. The lowest BCUT2D eigenvalue weighted by Crippen LogP contribution is -2.29. The van der Waals surface area contributed by atoms with E-state index in [-0.39, 0.29) is 25.7 Å². The first kappa shape index (κ1) is 26.5. The Labute approximate surface area is 210 Å². The SMILES string of the molecule is C#Cc1ccc(OCCOS(C)(=O)=O)c(CN(C(C)=O)c2cc(F)ccc2C#Cc2ccccc2)c1. The van der Waals surface area contributed by atoms with E-state index in [9.17, 15) is 17.6 Å². The Hall–Kier alpha value is -4.11. The van der Waals surface area contributed by atoms with Gasteiger partial charge in [-0.3, -0.25) is 8.98 Å². The van der Waals surface area contributed by atoms with E-state index in [0.29, 0.717) is 28.1 Å². The Morgan fingerprint density at radius 1 is 1.00 bits per heavy atom. The average molecular weight is 506 g/mol. The first-order valence-corrected chi connectivity index (χ1v) is 12.7. The standard InChI is InChI=1S/C28H24FNO5S/c1-4-22-11-15-28(34-16-17-35-36(3,32)33)25(18-22)20-30(21(2)31)27-19-26(29)14-13-24(27)12-10-23-8-6-5-7-9-23/h1,5-9,11,13-15,18-19H,16-17,20H2,2-3H3. The molecule has 3 rings (SSSR count). The van der Waals surface area contributed by atoms with Crippen LogP contribution in [-0.4, -0.2) is 33.8 Å². The maximum absolute atomic E-state index is 14.3. The second kappa shape index (κ2) is 12.0. The van der Waals surface area contributed by atoms with Gasteiger partial charge in [0.25, 0.3) is 10.1 Å². The second-order valence-electron chi connectivity index (χ2n) is 7.72. The number of benzene rings is 3. The molecule has 1 amide bonds. The van der Waals surface area contributed by atoms with Gasteiger partial charge in [0.2, 0.25) is 5.91 Å². The van der Waals surface area contributed by atoms with Crippen LogP contribution >= 0.6 is 0 Å². The van der Waals surface area contributed by atoms with Gasteiger partial charge < -0.3 is 9.64 Å². The predicted octanol–water partition coefficient (Wildman–Crippen LogP) is 4.11. The predicted molar refractivity (Wildman–Crippen MR) is 136 cm³/mol. The molecule has 3 aromatic carbocycles. The Kier molecular flexibility index (Phi) is 8.86. The highest BCUT2D eigenvalue weighted by Gasteiger charge is 2.19. The molecule has 3 aromatic rings. The van der Waals surface area contributed by atoms with Crippen molar-refractivity contribution in [3.63, 3.8) is 0 Å². The van der Waals surface area contributed by atoms with Gasteiger partial charge in [0.1, 0.15) is 24.8 Å². The molecule has 0 saturated carbocycles. The summed E-state index contributed by atoms with van der Waals surface area (Å²) in [5, 5.41) is 0. The van der Waals surface area contributed by atoms with Crippen molar-refractivity contribution in [1.82, 2.24) is 0 Å². The highest BCUT2D eigenvalue weighted by molar-refractivity contribution is 7.85. The van der Waals surface area contributed by atoms with Gasteiger partial charge in [0.15, 0.2) is 0 Å². The highest BCUT2D eigenvalue weighted by Crippen LogP contribution is 2.28. The molecule has 0 atom stereocenters. The Balaban J connectivity index is 1.95. The number of amides is 1. The number of ether oxygens (including phenoxy) is 1. The normalized spacial score (nSPS) is 10.6. The lowest BCUT2D eigenvalue weighted by Gasteiger charge is -2.24. The van der Waals surface area contributed by atoms with Gasteiger partial charge in [0, 0.05) is 29.2 Å². The fourth-order valence-corrected chi connectivity index (χ4v) is 3.67. The number of nitrogens with zero attached hydrogens (tertiary/aromatic N) is 1. The minimum Gasteiger partial charge on any atom is -0.491 e. The molecule has 0 bridgehead atoms. The van der Waals surface area contributed by atoms with Crippen LogP contribution in [0.2, 0.25) is 0 Å². The van der Waals surface area contributed by atoms with Crippen LogP contribution in [0.25, 0.3) is 0 Å². The number of anilines is 1. The maximum Gasteiger partial charge on any atom is 0.264 e. The third-order valence-electron chi connectivity index (χ3n) is 4.94. The average Bonchev–Trinajstić information content (AvgIpc) is 2.84. The van der Waals surface area contributed by atoms with Crippen molar-refractivity contribution < 1.29 is 26.5 Å². The molecule has 0 aromatic heterocycles. The van der Waals surface area contributed by atoms with Crippen molar-refractivity contribution in [2.75, 3.05) is 24.4 Å². The number of carbonyl (C=O) groups excluding carboxylic acids is 1. The number of hydrogen-bond acceptors (Lipinski definition) is 5. The molecule has 0 aliphatic heterocycles. The largest absolute Gasteiger partial charge is 0.491 e. The number of rotatable bonds is 8. The van der Waals surface area contributed by atoms with Crippen LogP contribution in [0, 0.1) is 30.0 Å². The second-order valence-corrected chi connectivity index (χ2v) is 9.37. The molecule has 6 nitrogen and oxygen atoms in total. The molecule has 0 unspecified atom stereocenters. The van der Waals surface area contributed by atoms with E-state index >= 15 is 0 Å². The van der Waals surface area contributed by atoms with Crippen molar-refractivity contribution in [3.05, 3.63) is 94.8 Å². The molecule has 0 aliphatic rings. The van der Waals surface area contributed by atoms with E-state index in [4.69, 9.17) is 15.3 Å². The first-order valence-electron chi connectivity index (χ1n) is 10.9. The van der Waals surface area contributed by atoms with Gasteiger partial charge in [0.05, 0.1) is 18.5 Å². The van der Waals surface area contributed by atoms with Crippen LogP contribution in [0.5, 0.6) is 5.75 Å². The van der Waals surface area contributed by atoms with E-state index in [0.717, 1.165) is 11.8 Å². The quantitative estimate of drug-likeness (QED) is 0.262. The van der Waals surface area contributed by atoms with E-state index in [1.165, 1.54) is 30.0 Å². The van der Waals surface area contributed by atoms with Crippen LogP contribution in [0.1, 0.15) is 29.2 Å². The molecule has 0 heterocycles. The van der Waals surface area contributed by atoms with Crippen molar-refractivity contribution >= 4 is 21.7 Å². The van der Waals surface area contributed by atoms with Gasteiger partial charge in [-0.25, -0.2) is 4.39 Å². The number of halogens is 1. The molecule has 0 spiro atoms. The molecule has 184 valence electrons. The lowest BCUT2D eigenvalue weighted by molar-refractivity contribution is -0.116. The van der Waals surface area contributed by atoms with Gasteiger partial charge >= 0.3 is 0 Å². The number of carbonyl (C=O) groups is 1. The van der Waals surface area contributed by atoms with Crippen LogP contribution < -0.4 is 9.64 Å². The molecule has 8 heteroatoms. The topological polar surface area (TPSA) is 72.9 Å². The lowest BCUT2D eigenvalue weighted by atomic mass is 10.1. The van der Waals surface area contributed by atoms with Gasteiger partial charge in [-0.15, -0.1) is 6.42 Å². The summed E-state index contributed by atoms with van der Waals surface area (Å²) in [6.45, 7) is 1.14. The third kappa shape index (κ3) is 7.71. The van der Waals surface area contributed by atoms with Crippen molar-refractivity contribution in [2.45, 2.75) is 13.5 Å². The van der Waals surface area contributed by atoms with Crippen LogP contribution in [0.3, 0.4) is 0 Å². The van der Waals surface area contributed by atoms with Crippen molar-refractivity contribution in [3.8, 4) is 29.9 Å². The smallest absolute Gasteiger partial charge is 0.264 e. The number of terminal acetylenes is 1. The summed E-state index contributed by atoms with van der Waals surface area (Å²) in [4.78, 5) is 14.1. The summed E-state index contributed by atoms with van der Waals surface area (Å²) >= 11 is 0.